The van der Waals surface area contributed by atoms with Gasteiger partial charge < -0.3 is 15.4 Å². The summed E-state index contributed by atoms with van der Waals surface area (Å²) in [5.41, 5.74) is 2.38. The van der Waals surface area contributed by atoms with E-state index in [1.807, 2.05) is 51.1 Å². The summed E-state index contributed by atoms with van der Waals surface area (Å²) in [7, 11) is 0. The van der Waals surface area contributed by atoms with E-state index in [2.05, 4.69) is 34.9 Å². The van der Waals surface area contributed by atoms with E-state index >= 15 is 0 Å². The SMILES string of the molecule is CC(C)(C)NC(=O)C(Cc1ccc(Cc2ccccc2)cc1)NC(=O)OC(C)(C)C. The van der Waals surface area contributed by atoms with Gasteiger partial charge in [0.05, 0.1) is 0 Å². The molecule has 2 aromatic rings. The fourth-order valence-corrected chi connectivity index (χ4v) is 2.98. The Morgan fingerprint density at radius 2 is 1.37 bits per heavy atom. The Hall–Kier alpha value is -2.82. The Morgan fingerprint density at radius 1 is 0.833 bits per heavy atom. The standard InChI is InChI=1S/C25H34N2O3/c1-24(2,3)27-22(28)21(26-23(29)30-25(4,5)6)17-20-14-12-19(13-15-20)16-18-10-8-7-9-11-18/h7-15,21H,16-17H2,1-6H3,(H,26,29)(H,27,28). The minimum Gasteiger partial charge on any atom is -0.444 e. The maximum atomic E-state index is 12.8. The molecular formula is C25H34N2O3. The van der Waals surface area contributed by atoms with Crippen molar-refractivity contribution in [3.05, 3.63) is 71.3 Å². The quantitative estimate of drug-likeness (QED) is 0.730. The number of carbonyl (C=O) groups excluding carboxylic acids is 2. The third-order valence-electron chi connectivity index (χ3n) is 4.22. The third-order valence-corrected chi connectivity index (χ3v) is 4.22. The number of hydrogen-bond donors (Lipinski definition) is 2. The number of hydrogen-bond acceptors (Lipinski definition) is 3. The predicted molar refractivity (Wildman–Crippen MR) is 120 cm³/mol. The van der Waals surface area contributed by atoms with Crippen molar-refractivity contribution in [1.29, 1.82) is 0 Å². The molecule has 162 valence electrons. The molecule has 0 heterocycles. The first-order valence-corrected chi connectivity index (χ1v) is 10.3. The van der Waals surface area contributed by atoms with Gasteiger partial charge in [-0.25, -0.2) is 4.79 Å². The fourth-order valence-electron chi connectivity index (χ4n) is 2.98. The number of benzene rings is 2. The van der Waals surface area contributed by atoms with Crippen LogP contribution < -0.4 is 10.6 Å². The smallest absolute Gasteiger partial charge is 0.408 e. The summed E-state index contributed by atoms with van der Waals surface area (Å²) in [6, 6.07) is 17.7. The third kappa shape index (κ3) is 8.68. The average Bonchev–Trinajstić information content (AvgIpc) is 2.60. The molecule has 0 aliphatic rings. The molecule has 2 amide bonds. The zero-order chi connectivity index (χ0) is 22.4. The van der Waals surface area contributed by atoms with Crippen LogP contribution in [0, 0.1) is 0 Å². The van der Waals surface area contributed by atoms with E-state index in [9.17, 15) is 9.59 Å². The Kier molecular flexibility index (Phi) is 7.65. The van der Waals surface area contributed by atoms with Crippen molar-refractivity contribution in [1.82, 2.24) is 10.6 Å². The number of alkyl carbamates (subject to hydrolysis) is 1. The molecule has 0 aromatic heterocycles. The summed E-state index contributed by atoms with van der Waals surface area (Å²) < 4.78 is 5.34. The van der Waals surface area contributed by atoms with Crippen LogP contribution >= 0.6 is 0 Å². The summed E-state index contributed by atoms with van der Waals surface area (Å²) in [6.07, 6.45) is 0.634. The normalized spacial score (nSPS) is 12.7. The van der Waals surface area contributed by atoms with E-state index in [-0.39, 0.29) is 5.91 Å². The zero-order valence-electron chi connectivity index (χ0n) is 18.9. The van der Waals surface area contributed by atoms with Gasteiger partial charge in [-0.3, -0.25) is 4.79 Å². The van der Waals surface area contributed by atoms with E-state index < -0.39 is 23.3 Å². The van der Waals surface area contributed by atoms with E-state index in [4.69, 9.17) is 4.74 Å². The lowest BCUT2D eigenvalue weighted by atomic mass is 9.99. The molecule has 1 unspecified atom stereocenters. The van der Waals surface area contributed by atoms with Crippen LogP contribution in [0.4, 0.5) is 4.79 Å². The molecule has 0 fully saturated rings. The first-order chi connectivity index (χ1) is 13.9. The van der Waals surface area contributed by atoms with Crippen molar-refractivity contribution in [2.75, 3.05) is 0 Å². The zero-order valence-corrected chi connectivity index (χ0v) is 18.9. The Morgan fingerprint density at radius 3 is 1.90 bits per heavy atom. The molecule has 2 aromatic carbocycles. The first-order valence-electron chi connectivity index (χ1n) is 10.3. The molecule has 0 aliphatic carbocycles. The highest BCUT2D eigenvalue weighted by Crippen LogP contribution is 2.13. The van der Waals surface area contributed by atoms with Gasteiger partial charge in [-0.05, 0) is 64.7 Å². The van der Waals surface area contributed by atoms with E-state index in [1.165, 1.54) is 11.1 Å². The molecular weight excluding hydrogens is 376 g/mol. The molecule has 5 heteroatoms. The fraction of sp³-hybridized carbons (Fsp3) is 0.440. The van der Waals surface area contributed by atoms with Gasteiger partial charge >= 0.3 is 6.09 Å². The number of amides is 2. The number of nitrogens with one attached hydrogen (secondary N) is 2. The van der Waals surface area contributed by atoms with Gasteiger partial charge in [0.25, 0.3) is 0 Å². The van der Waals surface area contributed by atoms with Crippen LogP contribution in [0.3, 0.4) is 0 Å². The van der Waals surface area contributed by atoms with Crippen molar-refractivity contribution >= 4 is 12.0 Å². The van der Waals surface area contributed by atoms with Crippen LogP contribution in [0.15, 0.2) is 54.6 Å². The van der Waals surface area contributed by atoms with E-state index in [1.54, 1.807) is 20.8 Å². The monoisotopic (exact) mass is 410 g/mol. The molecule has 0 saturated heterocycles. The van der Waals surface area contributed by atoms with E-state index in [0.29, 0.717) is 6.42 Å². The number of ether oxygens (including phenoxy) is 1. The lowest BCUT2D eigenvalue weighted by Crippen LogP contribution is -2.53. The second-order valence-corrected chi connectivity index (χ2v) is 9.62. The summed E-state index contributed by atoms with van der Waals surface area (Å²) in [6.45, 7) is 11.1. The van der Waals surface area contributed by atoms with E-state index in [0.717, 1.165) is 12.0 Å². The molecule has 0 radical (unpaired) electrons. The van der Waals surface area contributed by atoms with Crippen molar-refractivity contribution in [3.63, 3.8) is 0 Å². The maximum Gasteiger partial charge on any atom is 0.408 e. The van der Waals surface area contributed by atoms with Crippen LogP contribution in [0.2, 0.25) is 0 Å². The lowest BCUT2D eigenvalue weighted by Gasteiger charge is -2.27. The molecule has 5 nitrogen and oxygen atoms in total. The van der Waals surface area contributed by atoms with Gasteiger partial charge in [0.1, 0.15) is 11.6 Å². The van der Waals surface area contributed by atoms with Gasteiger partial charge in [-0.15, -0.1) is 0 Å². The molecule has 2 rings (SSSR count). The Bertz CT molecular complexity index is 831. The van der Waals surface area contributed by atoms with Gasteiger partial charge in [0, 0.05) is 12.0 Å². The van der Waals surface area contributed by atoms with Crippen LogP contribution in [-0.4, -0.2) is 29.2 Å². The Labute approximate surface area is 180 Å². The van der Waals surface area contributed by atoms with Crippen LogP contribution in [-0.2, 0) is 22.4 Å². The minimum atomic E-state index is -0.723. The van der Waals surface area contributed by atoms with Crippen LogP contribution in [0.1, 0.15) is 58.2 Å². The summed E-state index contributed by atoms with van der Waals surface area (Å²) in [5, 5.41) is 5.67. The lowest BCUT2D eigenvalue weighted by molar-refractivity contribution is -0.124. The van der Waals surface area contributed by atoms with Gasteiger partial charge in [0.15, 0.2) is 0 Å². The summed E-state index contributed by atoms with van der Waals surface area (Å²) >= 11 is 0. The first kappa shape index (κ1) is 23.5. The molecule has 0 saturated carbocycles. The second-order valence-electron chi connectivity index (χ2n) is 9.62. The molecule has 30 heavy (non-hydrogen) atoms. The predicted octanol–water partition coefficient (Wildman–Crippen LogP) is 4.63. The molecule has 0 aliphatic heterocycles. The largest absolute Gasteiger partial charge is 0.444 e. The Balaban J connectivity index is 2.09. The highest BCUT2D eigenvalue weighted by molar-refractivity contribution is 5.86. The summed E-state index contributed by atoms with van der Waals surface area (Å²) in [5.74, 6) is -0.235. The molecule has 1 atom stereocenters. The van der Waals surface area contributed by atoms with Crippen molar-refractivity contribution in [3.8, 4) is 0 Å². The number of carbonyl (C=O) groups is 2. The maximum absolute atomic E-state index is 12.8. The van der Waals surface area contributed by atoms with Gasteiger partial charge in [0.2, 0.25) is 5.91 Å². The second kappa shape index (κ2) is 9.79. The van der Waals surface area contributed by atoms with Crippen molar-refractivity contribution in [2.45, 2.75) is 71.6 Å². The molecule has 0 spiro atoms. The van der Waals surface area contributed by atoms with Gasteiger partial charge in [-0.1, -0.05) is 54.6 Å². The van der Waals surface area contributed by atoms with Crippen molar-refractivity contribution in [2.24, 2.45) is 0 Å². The highest BCUT2D eigenvalue weighted by Gasteiger charge is 2.27. The molecule has 0 bridgehead atoms. The number of rotatable bonds is 6. The summed E-state index contributed by atoms with van der Waals surface area (Å²) in [4.78, 5) is 25.1. The van der Waals surface area contributed by atoms with Crippen LogP contribution in [0.25, 0.3) is 0 Å². The highest BCUT2D eigenvalue weighted by atomic mass is 16.6. The van der Waals surface area contributed by atoms with Crippen molar-refractivity contribution < 1.29 is 14.3 Å². The van der Waals surface area contributed by atoms with Crippen LogP contribution in [0.5, 0.6) is 0 Å². The molecule has 2 N–H and O–H groups in total. The topological polar surface area (TPSA) is 67.4 Å². The van der Waals surface area contributed by atoms with Gasteiger partial charge in [-0.2, -0.15) is 0 Å². The average molecular weight is 411 g/mol. The minimum absolute atomic E-state index is 0.235.